The highest BCUT2D eigenvalue weighted by molar-refractivity contribution is 7.89. The second kappa shape index (κ2) is 6.35. The Balaban J connectivity index is 2.69. The first-order valence-corrected chi connectivity index (χ1v) is 8.57. The van der Waals surface area contributed by atoms with Crippen LogP contribution in [0, 0.1) is 5.41 Å². The van der Waals surface area contributed by atoms with Gasteiger partial charge >= 0.3 is 0 Å². The quantitative estimate of drug-likeness (QED) is 0.805. The molecule has 0 aromatic heterocycles. The molecule has 0 spiro atoms. The summed E-state index contributed by atoms with van der Waals surface area (Å²) in [5, 5.41) is 3.37. The fraction of sp³-hybridized carbons (Fsp3) is 1.00. The number of nitrogens with one attached hydrogen (secondary N) is 1. The number of nitrogens with zero attached hydrogens (tertiary/aromatic N) is 1. The first-order chi connectivity index (χ1) is 8.24. The van der Waals surface area contributed by atoms with Gasteiger partial charge < -0.3 is 5.32 Å². The van der Waals surface area contributed by atoms with Crippen LogP contribution in [-0.2, 0) is 10.0 Å². The van der Waals surface area contributed by atoms with E-state index in [1.165, 1.54) is 0 Å². The molecule has 108 valence electrons. The maximum absolute atomic E-state index is 12.4. The van der Waals surface area contributed by atoms with E-state index in [9.17, 15) is 8.42 Å². The largest absolute Gasteiger partial charge is 0.313 e. The van der Waals surface area contributed by atoms with Crippen LogP contribution in [-0.4, -0.2) is 44.2 Å². The molecule has 1 N–H and O–H groups in total. The fourth-order valence-electron chi connectivity index (χ4n) is 2.39. The van der Waals surface area contributed by atoms with Crippen molar-refractivity contribution in [2.24, 2.45) is 5.41 Å². The summed E-state index contributed by atoms with van der Waals surface area (Å²) < 4.78 is 26.5. The fourth-order valence-corrected chi connectivity index (χ4v) is 4.53. The molecule has 0 aromatic carbocycles. The van der Waals surface area contributed by atoms with Gasteiger partial charge in [0.15, 0.2) is 0 Å². The van der Waals surface area contributed by atoms with E-state index in [0.717, 1.165) is 25.8 Å². The predicted octanol–water partition coefficient (Wildman–Crippen LogP) is 1.83. The Morgan fingerprint density at radius 1 is 1.33 bits per heavy atom. The highest BCUT2D eigenvalue weighted by atomic mass is 32.2. The first kappa shape index (κ1) is 15.9. The zero-order valence-corrected chi connectivity index (χ0v) is 13.0. The van der Waals surface area contributed by atoms with Crippen LogP contribution in [0.4, 0.5) is 0 Å². The standard InChI is InChI=1S/C13H28N2O2S/c1-5-9-15(10-12-7-6-8-14-12)18(16,17)11-13(2,3)4/h12,14H,5-11H2,1-4H3. The number of hydrogen-bond donors (Lipinski definition) is 1. The minimum Gasteiger partial charge on any atom is -0.313 e. The summed E-state index contributed by atoms with van der Waals surface area (Å²) in [6.45, 7) is 10.2. The van der Waals surface area contributed by atoms with Gasteiger partial charge in [0.05, 0.1) is 5.75 Å². The monoisotopic (exact) mass is 276 g/mol. The van der Waals surface area contributed by atoms with Gasteiger partial charge in [-0.1, -0.05) is 27.7 Å². The highest BCUT2D eigenvalue weighted by Gasteiger charge is 2.30. The molecule has 1 aliphatic rings. The molecule has 1 saturated heterocycles. The normalized spacial score (nSPS) is 21.7. The Kier molecular flexibility index (Phi) is 5.62. The molecule has 0 bridgehead atoms. The van der Waals surface area contributed by atoms with Crippen molar-refractivity contribution in [3.8, 4) is 0 Å². The number of sulfonamides is 1. The van der Waals surface area contributed by atoms with Crippen molar-refractivity contribution in [1.29, 1.82) is 0 Å². The molecule has 5 heteroatoms. The number of rotatable bonds is 6. The molecule has 0 radical (unpaired) electrons. The van der Waals surface area contributed by atoms with Crippen LogP contribution in [0.15, 0.2) is 0 Å². The summed E-state index contributed by atoms with van der Waals surface area (Å²) in [7, 11) is -3.14. The van der Waals surface area contributed by atoms with E-state index in [-0.39, 0.29) is 11.2 Å². The van der Waals surface area contributed by atoms with Gasteiger partial charge in [-0.25, -0.2) is 12.7 Å². The minimum absolute atomic E-state index is 0.187. The van der Waals surface area contributed by atoms with Crippen molar-refractivity contribution in [3.05, 3.63) is 0 Å². The third-order valence-electron chi connectivity index (χ3n) is 3.07. The molecule has 0 aliphatic carbocycles. The Morgan fingerprint density at radius 2 is 2.00 bits per heavy atom. The molecule has 4 nitrogen and oxygen atoms in total. The molecule has 1 aliphatic heterocycles. The molecular formula is C13H28N2O2S. The highest BCUT2D eigenvalue weighted by Crippen LogP contribution is 2.20. The smallest absolute Gasteiger partial charge is 0.214 e. The van der Waals surface area contributed by atoms with Crippen LogP contribution in [0.2, 0.25) is 0 Å². The van der Waals surface area contributed by atoms with E-state index in [4.69, 9.17) is 0 Å². The van der Waals surface area contributed by atoms with Crippen LogP contribution in [0.3, 0.4) is 0 Å². The molecule has 1 atom stereocenters. The third-order valence-corrected chi connectivity index (χ3v) is 5.42. The van der Waals surface area contributed by atoms with Crippen molar-refractivity contribution in [2.75, 3.05) is 25.4 Å². The second-order valence-corrected chi connectivity index (χ2v) is 8.44. The van der Waals surface area contributed by atoms with Crippen molar-refractivity contribution in [3.63, 3.8) is 0 Å². The molecule has 1 rings (SSSR count). The predicted molar refractivity (Wildman–Crippen MR) is 76.1 cm³/mol. The Labute approximate surface area is 112 Å². The summed E-state index contributed by atoms with van der Waals surface area (Å²) in [5.41, 5.74) is -0.187. The topological polar surface area (TPSA) is 49.4 Å². The van der Waals surface area contributed by atoms with Crippen molar-refractivity contribution in [2.45, 2.75) is 53.0 Å². The Morgan fingerprint density at radius 3 is 2.44 bits per heavy atom. The maximum Gasteiger partial charge on any atom is 0.214 e. The van der Waals surface area contributed by atoms with Gasteiger partial charge in [-0.15, -0.1) is 0 Å². The summed E-state index contributed by atoms with van der Waals surface area (Å²) in [5.74, 6) is 0.229. The molecule has 0 amide bonds. The lowest BCUT2D eigenvalue weighted by Crippen LogP contribution is -2.44. The Hall–Kier alpha value is -0.130. The van der Waals surface area contributed by atoms with Gasteiger partial charge in [-0.3, -0.25) is 0 Å². The average Bonchev–Trinajstić information content (AvgIpc) is 2.66. The van der Waals surface area contributed by atoms with Crippen LogP contribution in [0.25, 0.3) is 0 Å². The molecular weight excluding hydrogens is 248 g/mol. The SMILES string of the molecule is CCCN(CC1CCCN1)S(=O)(=O)CC(C)(C)C. The lowest BCUT2D eigenvalue weighted by Gasteiger charge is -2.28. The maximum atomic E-state index is 12.4. The van der Waals surface area contributed by atoms with E-state index in [1.54, 1.807) is 4.31 Å². The van der Waals surface area contributed by atoms with E-state index < -0.39 is 10.0 Å². The van der Waals surface area contributed by atoms with Crippen molar-refractivity contribution in [1.82, 2.24) is 9.62 Å². The summed E-state index contributed by atoms with van der Waals surface area (Å²) >= 11 is 0. The average molecular weight is 276 g/mol. The van der Waals surface area contributed by atoms with Gasteiger partial charge in [-0.2, -0.15) is 0 Å². The lowest BCUT2D eigenvalue weighted by atomic mass is 10.0. The molecule has 1 heterocycles. The molecule has 1 fully saturated rings. The zero-order valence-electron chi connectivity index (χ0n) is 12.2. The zero-order chi connectivity index (χ0) is 13.8. The van der Waals surface area contributed by atoms with Gasteiger partial charge in [0.2, 0.25) is 10.0 Å². The van der Waals surface area contributed by atoms with Crippen LogP contribution < -0.4 is 5.32 Å². The van der Waals surface area contributed by atoms with Gasteiger partial charge in [0.1, 0.15) is 0 Å². The second-order valence-electron chi connectivity index (χ2n) is 6.47. The Bertz CT molecular complexity index is 340. The molecule has 0 saturated carbocycles. The van der Waals surface area contributed by atoms with Crippen LogP contribution in [0.5, 0.6) is 0 Å². The van der Waals surface area contributed by atoms with Crippen molar-refractivity contribution >= 4 is 10.0 Å². The third kappa shape index (κ3) is 5.24. The van der Waals surface area contributed by atoms with Crippen molar-refractivity contribution < 1.29 is 8.42 Å². The van der Waals surface area contributed by atoms with Gasteiger partial charge in [0, 0.05) is 19.1 Å². The van der Waals surface area contributed by atoms with E-state index in [2.05, 4.69) is 5.32 Å². The van der Waals surface area contributed by atoms with Crippen LogP contribution >= 0.6 is 0 Å². The molecule has 18 heavy (non-hydrogen) atoms. The molecule has 1 unspecified atom stereocenters. The van der Waals surface area contributed by atoms with Gasteiger partial charge in [0.25, 0.3) is 0 Å². The van der Waals surface area contributed by atoms with E-state index in [0.29, 0.717) is 19.1 Å². The van der Waals surface area contributed by atoms with E-state index in [1.807, 2.05) is 27.7 Å². The summed E-state index contributed by atoms with van der Waals surface area (Å²) in [6, 6.07) is 0.339. The first-order valence-electron chi connectivity index (χ1n) is 6.96. The van der Waals surface area contributed by atoms with Crippen LogP contribution in [0.1, 0.15) is 47.0 Å². The van der Waals surface area contributed by atoms with E-state index >= 15 is 0 Å². The summed E-state index contributed by atoms with van der Waals surface area (Å²) in [6.07, 6.45) is 3.12. The van der Waals surface area contributed by atoms with Gasteiger partial charge in [-0.05, 0) is 31.2 Å². The lowest BCUT2D eigenvalue weighted by molar-refractivity contribution is 0.357. The number of hydrogen-bond acceptors (Lipinski definition) is 3. The minimum atomic E-state index is -3.14. The summed E-state index contributed by atoms with van der Waals surface area (Å²) in [4.78, 5) is 0. The molecule has 0 aromatic rings.